The highest BCUT2D eigenvalue weighted by molar-refractivity contribution is 7.92. The lowest BCUT2D eigenvalue weighted by Gasteiger charge is -2.10. The monoisotopic (exact) mass is 343 g/mol. The van der Waals surface area contributed by atoms with Crippen LogP contribution < -0.4 is 4.90 Å². The predicted octanol–water partition coefficient (Wildman–Crippen LogP) is 2.77. The van der Waals surface area contributed by atoms with Crippen LogP contribution in [0.15, 0.2) is 28.6 Å². The minimum atomic E-state index is -3.51. The van der Waals surface area contributed by atoms with Crippen molar-refractivity contribution in [2.75, 3.05) is 18.0 Å². The lowest BCUT2D eigenvalue weighted by Crippen LogP contribution is -2.17. The number of sulfone groups is 1. The van der Waals surface area contributed by atoms with Crippen molar-refractivity contribution in [1.82, 2.24) is 10.2 Å². The molecular formula is C13H14ClN3O2S2. The Morgan fingerprint density at radius 1 is 1.19 bits per heavy atom. The highest BCUT2D eigenvalue weighted by Gasteiger charge is 2.24. The summed E-state index contributed by atoms with van der Waals surface area (Å²) < 4.78 is 24.9. The van der Waals surface area contributed by atoms with E-state index in [4.69, 9.17) is 11.6 Å². The molecule has 0 saturated carbocycles. The molecule has 8 heteroatoms. The highest BCUT2D eigenvalue weighted by Crippen LogP contribution is 2.29. The van der Waals surface area contributed by atoms with Crippen molar-refractivity contribution in [2.45, 2.75) is 22.9 Å². The fourth-order valence-corrected chi connectivity index (χ4v) is 5.02. The summed E-state index contributed by atoms with van der Waals surface area (Å²) in [5, 5.41) is 9.00. The maximum Gasteiger partial charge on any atom is 0.234 e. The van der Waals surface area contributed by atoms with Gasteiger partial charge in [-0.15, -0.1) is 10.2 Å². The zero-order valence-corrected chi connectivity index (χ0v) is 13.6. The third kappa shape index (κ3) is 3.20. The van der Waals surface area contributed by atoms with Crippen LogP contribution in [-0.4, -0.2) is 31.7 Å². The van der Waals surface area contributed by atoms with Crippen molar-refractivity contribution >= 4 is 37.9 Å². The molecule has 1 aliphatic rings. The smallest absolute Gasteiger partial charge is 0.234 e. The van der Waals surface area contributed by atoms with E-state index in [0.717, 1.165) is 37.3 Å². The van der Waals surface area contributed by atoms with Gasteiger partial charge in [0.05, 0.1) is 5.75 Å². The fourth-order valence-electron chi connectivity index (χ4n) is 2.25. The third-order valence-corrected chi connectivity index (χ3v) is 6.81. The number of nitrogens with zero attached hydrogens (tertiary/aromatic N) is 3. The van der Waals surface area contributed by atoms with Gasteiger partial charge in [0.1, 0.15) is 0 Å². The summed E-state index contributed by atoms with van der Waals surface area (Å²) in [6.45, 7) is 1.83. The van der Waals surface area contributed by atoms with Gasteiger partial charge in [-0.05, 0) is 24.5 Å². The highest BCUT2D eigenvalue weighted by atomic mass is 35.5. The van der Waals surface area contributed by atoms with Gasteiger partial charge < -0.3 is 4.90 Å². The summed E-state index contributed by atoms with van der Waals surface area (Å²) in [6, 6.07) is 6.94. The first kappa shape index (κ1) is 14.7. The minimum absolute atomic E-state index is 0.0596. The number of hydrogen-bond acceptors (Lipinski definition) is 6. The Morgan fingerprint density at radius 2 is 1.90 bits per heavy atom. The van der Waals surface area contributed by atoms with Gasteiger partial charge in [0.15, 0.2) is 0 Å². The number of aromatic nitrogens is 2. The Morgan fingerprint density at radius 3 is 2.62 bits per heavy atom. The lowest BCUT2D eigenvalue weighted by atomic mass is 10.2. The quantitative estimate of drug-likeness (QED) is 0.854. The lowest BCUT2D eigenvalue weighted by molar-refractivity contribution is 0.593. The molecule has 2 heterocycles. The van der Waals surface area contributed by atoms with E-state index in [2.05, 4.69) is 15.1 Å². The molecule has 0 atom stereocenters. The minimum Gasteiger partial charge on any atom is -0.347 e. The van der Waals surface area contributed by atoms with Gasteiger partial charge in [-0.25, -0.2) is 8.42 Å². The van der Waals surface area contributed by atoms with Gasteiger partial charge in [0.2, 0.25) is 19.3 Å². The van der Waals surface area contributed by atoms with Gasteiger partial charge in [0.25, 0.3) is 0 Å². The third-order valence-electron chi connectivity index (χ3n) is 3.34. The predicted molar refractivity (Wildman–Crippen MR) is 83.7 cm³/mol. The summed E-state index contributed by atoms with van der Waals surface area (Å²) in [5.74, 6) is -0.151. The molecule has 21 heavy (non-hydrogen) atoms. The van der Waals surface area contributed by atoms with Gasteiger partial charge in [-0.3, -0.25) is 0 Å². The van der Waals surface area contributed by atoms with E-state index >= 15 is 0 Å². The number of rotatable bonds is 4. The van der Waals surface area contributed by atoms with E-state index < -0.39 is 9.84 Å². The molecule has 2 aromatic rings. The Hall–Kier alpha value is -1.18. The van der Waals surface area contributed by atoms with Crippen molar-refractivity contribution in [1.29, 1.82) is 0 Å². The molecule has 1 aromatic heterocycles. The topological polar surface area (TPSA) is 63.2 Å². The number of hydrogen-bond donors (Lipinski definition) is 0. The first-order valence-corrected chi connectivity index (χ1v) is 9.45. The van der Waals surface area contributed by atoms with Crippen LogP contribution in [0.4, 0.5) is 5.13 Å². The molecule has 5 nitrogen and oxygen atoms in total. The second-order valence-electron chi connectivity index (χ2n) is 4.90. The second kappa shape index (κ2) is 5.90. The normalized spacial score (nSPS) is 15.6. The Kier molecular flexibility index (Phi) is 4.14. The molecule has 1 aromatic carbocycles. The molecule has 0 unspecified atom stereocenters. The largest absolute Gasteiger partial charge is 0.347 e. The van der Waals surface area contributed by atoms with E-state index in [-0.39, 0.29) is 10.1 Å². The van der Waals surface area contributed by atoms with Gasteiger partial charge in [-0.2, -0.15) is 0 Å². The molecule has 0 amide bonds. The molecular weight excluding hydrogens is 330 g/mol. The zero-order valence-electron chi connectivity index (χ0n) is 11.2. The molecule has 0 N–H and O–H groups in total. The summed E-state index contributed by atoms with van der Waals surface area (Å²) in [7, 11) is -3.51. The number of halogens is 1. The molecule has 0 spiro atoms. The Bertz CT molecular complexity index is 739. The molecule has 0 aliphatic carbocycles. The van der Waals surface area contributed by atoms with Crippen LogP contribution in [-0.2, 0) is 15.6 Å². The Balaban J connectivity index is 1.83. The van der Waals surface area contributed by atoms with E-state index in [1.807, 2.05) is 0 Å². The van der Waals surface area contributed by atoms with Crippen molar-refractivity contribution in [3.63, 3.8) is 0 Å². The average Bonchev–Trinajstić information content (AvgIpc) is 3.11. The van der Waals surface area contributed by atoms with E-state index in [9.17, 15) is 8.42 Å². The number of anilines is 1. The molecule has 112 valence electrons. The zero-order chi connectivity index (χ0) is 14.9. The van der Waals surface area contributed by atoms with Gasteiger partial charge >= 0.3 is 0 Å². The van der Waals surface area contributed by atoms with Crippen LogP contribution >= 0.6 is 22.9 Å². The van der Waals surface area contributed by atoms with E-state index in [1.54, 1.807) is 24.3 Å². The molecule has 1 aliphatic heterocycles. The first-order valence-electron chi connectivity index (χ1n) is 6.61. The Labute approximate surface area is 132 Å². The molecule has 0 bridgehead atoms. The van der Waals surface area contributed by atoms with Crippen molar-refractivity contribution in [3.05, 3.63) is 34.9 Å². The standard InChI is InChI=1S/C13H14ClN3O2S2/c14-11-6-2-1-5-10(11)9-21(18,19)13-16-15-12(20-13)17-7-3-4-8-17/h1-2,5-6H,3-4,7-9H2. The van der Waals surface area contributed by atoms with Crippen molar-refractivity contribution < 1.29 is 8.42 Å². The van der Waals surface area contributed by atoms with Crippen LogP contribution in [0, 0.1) is 0 Å². The van der Waals surface area contributed by atoms with Crippen LogP contribution in [0.1, 0.15) is 18.4 Å². The summed E-state index contributed by atoms with van der Waals surface area (Å²) >= 11 is 7.16. The van der Waals surface area contributed by atoms with E-state index in [0.29, 0.717) is 15.7 Å². The summed E-state index contributed by atoms with van der Waals surface area (Å²) in [5.41, 5.74) is 0.581. The molecule has 3 rings (SSSR count). The van der Waals surface area contributed by atoms with Crippen molar-refractivity contribution in [2.24, 2.45) is 0 Å². The number of benzene rings is 1. The van der Waals surface area contributed by atoms with Gasteiger partial charge in [-0.1, -0.05) is 41.1 Å². The maximum absolute atomic E-state index is 12.4. The SMILES string of the molecule is O=S(=O)(Cc1ccccc1Cl)c1nnc(N2CCCC2)s1. The van der Waals surface area contributed by atoms with Gasteiger partial charge in [0, 0.05) is 18.1 Å². The summed E-state index contributed by atoms with van der Waals surface area (Å²) in [6.07, 6.45) is 2.22. The molecule has 1 saturated heterocycles. The molecule has 0 radical (unpaired) electrons. The molecule has 1 fully saturated rings. The van der Waals surface area contributed by atoms with E-state index in [1.165, 1.54) is 0 Å². The van der Waals surface area contributed by atoms with Crippen LogP contribution in [0.25, 0.3) is 0 Å². The first-order chi connectivity index (χ1) is 10.1. The average molecular weight is 344 g/mol. The van der Waals surface area contributed by atoms with Crippen LogP contribution in [0.3, 0.4) is 0 Å². The maximum atomic E-state index is 12.4. The fraction of sp³-hybridized carbons (Fsp3) is 0.385. The van der Waals surface area contributed by atoms with Crippen LogP contribution in [0.5, 0.6) is 0 Å². The van der Waals surface area contributed by atoms with Crippen molar-refractivity contribution in [3.8, 4) is 0 Å². The summed E-state index contributed by atoms with van der Waals surface area (Å²) in [4.78, 5) is 2.08. The van der Waals surface area contributed by atoms with Crippen LogP contribution in [0.2, 0.25) is 5.02 Å². The second-order valence-corrected chi connectivity index (χ2v) is 8.42.